The highest BCUT2D eigenvalue weighted by Crippen LogP contribution is 2.28. The lowest BCUT2D eigenvalue weighted by Gasteiger charge is -2.35. The smallest absolute Gasteiger partial charge is 0.335 e. The maximum atomic E-state index is 13.2. The number of benzene rings is 1. The Bertz CT molecular complexity index is 1240. The summed E-state index contributed by atoms with van der Waals surface area (Å²) in [6, 6.07) is 5.19. The predicted octanol–water partition coefficient (Wildman–Crippen LogP) is -0.168. The van der Waals surface area contributed by atoms with Crippen LogP contribution in [-0.4, -0.2) is 131 Å². The van der Waals surface area contributed by atoms with Crippen LogP contribution in [-0.2, 0) is 46.5 Å². The largest absolute Gasteiger partial charge is 0.479 e. The summed E-state index contributed by atoms with van der Waals surface area (Å²) in [6.07, 6.45) is -2.05. The van der Waals surface area contributed by atoms with Crippen molar-refractivity contribution in [3.63, 3.8) is 0 Å². The quantitative estimate of drug-likeness (QED) is 0.135. The molecule has 1 saturated heterocycles. The average Bonchev–Trinajstić information content (AvgIpc) is 3.24. The molecular formula is C30H42N3O11+. The number of carbonyl (C=O) groups is 5. The number of carboxylic acid groups (broad SMARTS) is 1. The normalized spacial score (nSPS) is 21.8. The number of imide groups is 1. The number of carboxylic acids is 1. The average molecular weight is 621 g/mol. The minimum absolute atomic E-state index is 0.122. The molecule has 0 aromatic heterocycles. The Balaban J connectivity index is 1.71. The maximum absolute atomic E-state index is 13.2. The van der Waals surface area contributed by atoms with Crippen molar-refractivity contribution in [2.24, 2.45) is 0 Å². The van der Waals surface area contributed by atoms with Gasteiger partial charge < -0.3 is 38.9 Å². The van der Waals surface area contributed by atoms with E-state index in [0.717, 1.165) is 35.6 Å². The van der Waals surface area contributed by atoms with Gasteiger partial charge in [-0.15, -0.1) is 0 Å². The van der Waals surface area contributed by atoms with E-state index >= 15 is 0 Å². The third kappa shape index (κ3) is 10.1. The molecule has 1 fully saturated rings. The van der Waals surface area contributed by atoms with Crippen molar-refractivity contribution in [1.82, 2.24) is 9.80 Å². The van der Waals surface area contributed by atoms with E-state index in [1.54, 1.807) is 17.0 Å². The number of esters is 1. The van der Waals surface area contributed by atoms with Crippen molar-refractivity contribution < 1.29 is 58.0 Å². The van der Waals surface area contributed by atoms with Gasteiger partial charge in [0.2, 0.25) is 12.2 Å². The molecule has 14 heteroatoms. The van der Waals surface area contributed by atoms with Gasteiger partial charge in [0.1, 0.15) is 25.0 Å². The number of aliphatic carboxylic acids is 1. The van der Waals surface area contributed by atoms with Gasteiger partial charge in [-0.3, -0.25) is 24.1 Å². The first-order chi connectivity index (χ1) is 20.6. The van der Waals surface area contributed by atoms with E-state index < -0.39 is 48.4 Å². The number of quaternary nitrogens is 1. The highest BCUT2D eigenvalue weighted by Gasteiger charge is 2.42. The highest BCUT2D eigenvalue weighted by molar-refractivity contribution is 6.14. The topological polar surface area (TPSA) is 180 Å². The summed E-state index contributed by atoms with van der Waals surface area (Å²) in [5, 5.41) is 29.5. The van der Waals surface area contributed by atoms with E-state index in [1.807, 2.05) is 27.2 Å². The van der Waals surface area contributed by atoms with Crippen molar-refractivity contribution in [1.29, 1.82) is 0 Å². The molecule has 3 N–H and O–H groups in total. The summed E-state index contributed by atoms with van der Waals surface area (Å²) in [5.74, 6) is -3.09. The number of aliphatic hydroxyl groups is 2. The molecule has 0 spiro atoms. The Kier molecular flexibility index (Phi) is 12.0. The number of ether oxygens (including phenoxy) is 3. The van der Waals surface area contributed by atoms with Gasteiger partial charge in [-0.2, -0.15) is 0 Å². The fraction of sp³-hybridized carbons (Fsp3) is 0.567. The summed E-state index contributed by atoms with van der Waals surface area (Å²) in [4.78, 5) is 62.6. The van der Waals surface area contributed by atoms with Crippen LogP contribution < -0.4 is 4.74 Å². The van der Waals surface area contributed by atoms with Gasteiger partial charge >= 0.3 is 11.9 Å². The summed E-state index contributed by atoms with van der Waals surface area (Å²) in [5.41, 5.74) is 1.27. The third-order valence-corrected chi connectivity index (χ3v) is 7.20. The van der Waals surface area contributed by atoms with E-state index in [2.05, 4.69) is 0 Å². The molecule has 2 heterocycles. The lowest BCUT2D eigenvalue weighted by molar-refractivity contribution is -0.870. The number of aryl methyl sites for hydroxylation is 1. The van der Waals surface area contributed by atoms with Crippen LogP contribution in [0.2, 0.25) is 0 Å². The molecule has 0 bridgehead atoms. The van der Waals surface area contributed by atoms with Gasteiger partial charge in [0, 0.05) is 50.6 Å². The number of carbonyl (C=O) groups excluding carboxylic acids is 4. The van der Waals surface area contributed by atoms with E-state index in [1.165, 1.54) is 6.92 Å². The van der Waals surface area contributed by atoms with E-state index in [9.17, 15) is 39.3 Å². The van der Waals surface area contributed by atoms with Gasteiger partial charge in [-0.05, 0) is 24.5 Å². The van der Waals surface area contributed by atoms with Crippen molar-refractivity contribution in [2.45, 2.75) is 63.8 Å². The lowest BCUT2D eigenvalue weighted by Crippen LogP contribution is -2.53. The first kappa shape index (κ1) is 34.6. The van der Waals surface area contributed by atoms with Gasteiger partial charge in [0.15, 0.2) is 6.10 Å². The van der Waals surface area contributed by atoms with E-state index in [0.29, 0.717) is 36.0 Å². The van der Waals surface area contributed by atoms with Gasteiger partial charge in [0.05, 0.1) is 33.8 Å². The first-order valence-electron chi connectivity index (χ1n) is 14.4. The van der Waals surface area contributed by atoms with Crippen molar-refractivity contribution in [2.75, 3.05) is 47.3 Å². The first-order valence-corrected chi connectivity index (χ1v) is 14.4. The number of hydrogen-bond donors (Lipinski definition) is 3. The zero-order chi connectivity index (χ0) is 32.6. The fourth-order valence-electron chi connectivity index (χ4n) is 4.82. The molecule has 14 nitrogen and oxygen atoms in total. The number of nitrogens with zero attached hydrogens (tertiary/aromatic N) is 3. The second kappa shape index (κ2) is 15.2. The molecule has 0 radical (unpaired) electrons. The Morgan fingerprint density at radius 3 is 2.34 bits per heavy atom. The molecule has 0 saturated carbocycles. The number of aliphatic hydroxyl groups excluding tert-OH is 2. The molecular weight excluding hydrogens is 578 g/mol. The highest BCUT2D eigenvalue weighted by atomic mass is 16.7. The van der Waals surface area contributed by atoms with Crippen LogP contribution in [0, 0.1) is 0 Å². The SMILES string of the molecule is CC(=O)OCc1ccc(CCCN(CCC[N+](C)(C)C)C(=O)CN2C(=O)C=CC2=O)cc1OC1CC(O)[C@H](O)C(C(=O)O)O1. The Morgan fingerprint density at radius 2 is 1.73 bits per heavy atom. The molecule has 0 aliphatic carbocycles. The molecule has 4 atom stereocenters. The summed E-state index contributed by atoms with van der Waals surface area (Å²) in [6.45, 7) is 2.43. The second-order valence-electron chi connectivity index (χ2n) is 11.9. The minimum Gasteiger partial charge on any atom is -0.479 e. The lowest BCUT2D eigenvalue weighted by atomic mass is 10.0. The maximum Gasteiger partial charge on any atom is 0.335 e. The van der Waals surface area contributed by atoms with Crippen LogP contribution in [0.15, 0.2) is 30.4 Å². The zero-order valence-corrected chi connectivity index (χ0v) is 25.5. The van der Waals surface area contributed by atoms with E-state index in [4.69, 9.17) is 14.2 Å². The van der Waals surface area contributed by atoms with E-state index in [-0.39, 0.29) is 31.2 Å². The summed E-state index contributed by atoms with van der Waals surface area (Å²) >= 11 is 0. The van der Waals surface area contributed by atoms with Crippen LogP contribution in [0.3, 0.4) is 0 Å². The molecule has 3 rings (SSSR count). The molecule has 1 aromatic carbocycles. The monoisotopic (exact) mass is 620 g/mol. The Hall–Kier alpha value is -3.85. The Labute approximate surface area is 256 Å². The predicted molar refractivity (Wildman–Crippen MR) is 154 cm³/mol. The molecule has 3 amide bonds. The minimum atomic E-state index is -1.69. The summed E-state index contributed by atoms with van der Waals surface area (Å²) < 4.78 is 17.1. The van der Waals surface area contributed by atoms with Crippen LogP contribution >= 0.6 is 0 Å². The molecule has 44 heavy (non-hydrogen) atoms. The van der Waals surface area contributed by atoms with Crippen LogP contribution in [0.1, 0.15) is 37.3 Å². The number of amides is 3. The van der Waals surface area contributed by atoms with Crippen molar-refractivity contribution >= 4 is 29.7 Å². The van der Waals surface area contributed by atoms with Gasteiger partial charge in [-0.25, -0.2) is 4.79 Å². The van der Waals surface area contributed by atoms with Crippen LogP contribution in [0.25, 0.3) is 0 Å². The molecule has 2 aliphatic rings. The Morgan fingerprint density at radius 1 is 1.07 bits per heavy atom. The molecule has 1 aromatic rings. The molecule has 3 unspecified atom stereocenters. The second-order valence-corrected chi connectivity index (χ2v) is 11.9. The van der Waals surface area contributed by atoms with Crippen molar-refractivity contribution in [3.05, 3.63) is 41.5 Å². The summed E-state index contributed by atoms with van der Waals surface area (Å²) in [7, 11) is 6.15. The number of rotatable bonds is 15. The van der Waals surface area contributed by atoms with Gasteiger partial charge in [-0.1, -0.05) is 12.1 Å². The molecule has 2 aliphatic heterocycles. The third-order valence-electron chi connectivity index (χ3n) is 7.20. The van der Waals surface area contributed by atoms with Gasteiger partial charge in [0.25, 0.3) is 11.8 Å². The molecule has 242 valence electrons. The van der Waals surface area contributed by atoms with Crippen LogP contribution in [0.5, 0.6) is 5.75 Å². The standard InChI is InChI=1S/C30H41N3O11/c1-19(34)42-18-21-9-8-20(15-23(21)43-27-16-22(35)28(39)29(44-27)30(40)41)7-5-12-31(13-6-14-33(2,3)4)26(38)17-32-24(36)10-11-25(32)37/h8-11,15,22,27-29,35,39H,5-7,12-14,16-18H2,1-4H3/p+1/t22?,27?,28-,29?/m0/s1. The van der Waals surface area contributed by atoms with Crippen LogP contribution in [0.4, 0.5) is 0 Å². The zero-order valence-electron chi connectivity index (χ0n) is 25.5. The number of hydrogen-bond acceptors (Lipinski definition) is 10. The fourth-order valence-corrected chi connectivity index (χ4v) is 4.82. The van der Waals surface area contributed by atoms with Crippen molar-refractivity contribution in [3.8, 4) is 5.75 Å².